The van der Waals surface area contributed by atoms with E-state index in [2.05, 4.69) is 5.32 Å². The zero-order valence-corrected chi connectivity index (χ0v) is 12.1. The number of nitrogens with two attached hydrogens (primary N) is 1. The van der Waals surface area contributed by atoms with E-state index in [0.717, 1.165) is 19.3 Å². The summed E-state index contributed by atoms with van der Waals surface area (Å²) < 4.78 is 16.7. The first kappa shape index (κ1) is 14.0. The molecule has 21 heavy (non-hydrogen) atoms. The topological polar surface area (TPSA) is 82.8 Å². The molecule has 0 radical (unpaired) electrons. The summed E-state index contributed by atoms with van der Waals surface area (Å²) in [4.78, 5) is 12.2. The molecule has 0 spiro atoms. The lowest BCUT2D eigenvalue weighted by Gasteiger charge is -2.15. The SMILES string of the molecule is CC1CCC(C(=O)Nc2cc3c(cc2N)OCCCO3)O1. The average molecular weight is 292 g/mol. The van der Waals surface area contributed by atoms with Gasteiger partial charge in [0.25, 0.3) is 5.91 Å². The first-order valence-electron chi connectivity index (χ1n) is 7.29. The summed E-state index contributed by atoms with van der Waals surface area (Å²) in [5, 5.41) is 2.82. The number of benzene rings is 1. The van der Waals surface area contributed by atoms with Crippen molar-refractivity contribution >= 4 is 17.3 Å². The fourth-order valence-corrected chi connectivity index (χ4v) is 2.54. The third-order valence-electron chi connectivity index (χ3n) is 3.70. The Balaban J connectivity index is 1.76. The van der Waals surface area contributed by atoms with Crippen molar-refractivity contribution < 1.29 is 19.0 Å². The van der Waals surface area contributed by atoms with Gasteiger partial charge in [0, 0.05) is 18.6 Å². The fourth-order valence-electron chi connectivity index (χ4n) is 2.54. The van der Waals surface area contributed by atoms with Crippen LogP contribution in [0.15, 0.2) is 12.1 Å². The molecule has 2 unspecified atom stereocenters. The number of hydrogen-bond acceptors (Lipinski definition) is 5. The standard InChI is InChI=1S/C15H20N2O4/c1-9-3-4-12(21-9)15(18)17-11-8-14-13(7-10(11)16)19-5-2-6-20-14/h7-9,12H,2-6,16H2,1H3,(H,17,18). The molecule has 1 aromatic carbocycles. The summed E-state index contributed by atoms with van der Waals surface area (Å²) in [6, 6.07) is 3.40. The van der Waals surface area contributed by atoms with Gasteiger partial charge < -0.3 is 25.3 Å². The molecule has 114 valence electrons. The quantitative estimate of drug-likeness (QED) is 0.814. The highest BCUT2D eigenvalue weighted by atomic mass is 16.5. The number of amides is 1. The molecular formula is C15H20N2O4. The number of nitrogen functional groups attached to an aromatic ring is 1. The maximum absolute atomic E-state index is 12.2. The zero-order chi connectivity index (χ0) is 14.8. The van der Waals surface area contributed by atoms with E-state index in [1.54, 1.807) is 12.1 Å². The Hall–Kier alpha value is -1.95. The fraction of sp³-hybridized carbons (Fsp3) is 0.533. The molecule has 1 fully saturated rings. The molecule has 0 aliphatic carbocycles. The van der Waals surface area contributed by atoms with Gasteiger partial charge in [0.05, 0.1) is 30.7 Å². The van der Waals surface area contributed by atoms with Crippen molar-refractivity contribution in [1.82, 2.24) is 0 Å². The number of carbonyl (C=O) groups is 1. The van der Waals surface area contributed by atoms with E-state index in [0.29, 0.717) is 36.1 Å². The van der Waals surface area contributed by atoms with Crippen LogP contribution in [0.4, 0.5) is 11.4 Å². The second-order valence-electron chi connectivity index (χ2n) is 5.44. The zero-order valence-electron chi connectivity index (χ0n) is 12.1. The lowest BCUT2D eigenvalue weighted by Crippen LogP contribution is -2.28. The van der Waals surface area contributed by atoms with Gasteiger partial charge in [0.1, 0.15) is 6.10 Å². The smallest absolute Gasteiger partial charge is 0.253 e. The van der Waals surface area contributed by atoms with Crippen molar-refractivity contribution in [3.05, 3.63) is 12.1 Å². The highest BCUT2D eigenvalue weighted by Gasteiger charge is 2.28. The molecule has 0 bridgehead atoms. The van der Waals surface area contributed by atoms with Crippen LogP contribution in [0.25, 0.3) is 0 Å². The number of ether oxygens (including phenoxy) is 3. The van der Waals surface area contributed by atoms with Crippen LogP contribution in [0.3, 0.4) is 0 Å². The summed E-state index contributed by atoms with van der Waals surface area (Å²) >= 11 is 0. The van der Waals surface area contributed by atoms with Crippen molar-refractivity contribution in [2.75, 3.05) is 24.3 Å². The summed E-state index contributed by atoms with van der Waals surface area (Å²) in [6.07, 6.45) is 2.17. The Bertz CT molecular complexity index is 547. The maximum Gasteiger partial charge on any atom is 0.253 e. The van der Waals surface area contributed by atoms with Crippen LogP contribution in [0.1, 0.15) is 26.2 Å². The van der Waals surface area contributed by atoms with Gasteiger partial charge in [-0.2, -0.15) is 0 Å². The van der Waals surface area contributed by atoms with Crippen LogP contribution in [0.5, 0.6) is 11.5 Å². The molecule has 1 saturated heterocycles. The van der Waals surface area contributed by atoms with E-state index >= 15 is 0 Å². The third kappa shape index (κ3) is 3.05. The van der Waals surface area contributed by atoms with Crippen LogP contribution < -0.4 is 20.5 Å². The van der Waals surface area contributed by atoms with E-state index < -0.39 is 6.10 Å². The lowest BCUT2D eigenvalue weighted by molar-refractivity contribution is -0.126. The van der Waals surface area contributed by atoms with E-state index in [1.165, 1.54) is 0 Å². The normalized spacial score (nSPS) is 24.4. The Morgan fingerprint density at radius 2 is 1.95 bits per heavy atom. The molecule has 2 aliphatic heterocycles. The van der Waals surface area contributed by atoms with Gasteiger partial charge in [-0.1, -0.05) is 0 Å². The third-order valence-corrected chi connectivity index (χ3v) is 3.70. The second-order valence-corrected chi connectivity index (χ2v) is 5.44. The van der Waals surface area contributed by atoms with Crippen molar-refractivity contribution in [2.24, 2.45) is 0 Å². The summed E-state index contributed by atoms with van der Waals surface area (Å²) in [5.74, 6) is 1.06. The Morgan fingerprint density at radius 3 is 2.62 bits per heavy atom. The van der Waals surface area contributed by atoms with E-state index in [-0.39, 0.29) is 12.0 Å². The van der Waals surface area contributed by atoms with Crippen molar-refractivity contribution in [1.29, 1.82) is 0 Å². The minimum absolute atomic E-state index is 0.127. The maximum atomic E-state index is 12.2. The molecular weight excluding hydrogens is 272 g/mol. The first-order valence-corrected chi connectivity index (χ1v) is 7.29. The molecule has 2 aliphatic rings. The van der Waals surface area contributed by atoms with Crippen LogP contribution in [-0.2, 0) is 9.53 Å². The highest BCUT2D eigenvalue weighted by molar-refractivity contribution is 5.97. The van der Waals surface area contributed by atoms with Crippen LogP contribution >= 0.6 is 0 Å². The molecule has 0 aromatic heterocycles. The predicted octanol–water partition coefficient (Wildman–Crippen LogP) is 1.94. The number of hydrogen-bond donors (Lipinski definition) is 2. The van der Waals surface area contributed by atoms with Crippen molar-refractivity contribution in [3.63, 3.8) is 0 Å². The van der Waals surface area contributed by atoms with Gasteiger partial charge in [-0.05, 0) is 19.8 Å². The van der Waals surface area contributed by atoms with Crippen LogP contribution in [0, 0.1) is 0 Å². The summed E-state index contributed by atoms with van der Waals surface area (Å²) in [6.45, 7) is 3.16. The minimum atomic E-state index is -0.407. The van der Waals surface area contributed by atoms with Gasteiger partial charge in [-0.3, -0.25) is 4.79 Å². The number of fused-ring (bicyclic) bond motifs is 1. The number of anilines is 2. The van der Waals surface area contributed by atoms with Crippen LogP contribution in [0.2, 0.25) is 0 Å². The molecule has 2 heterocycles. The monoisotopic (exact) mass is 292 g/mol. The molecule has 0 saturated carbocycles. The van der Waals surface area contributed by atoms with Crippen molar-refractivity contribution in [3.8, 4) is 11.5 Å². The minimum Gasteiger partial charge on any atom is -0.489 e. The van der Waals surface area contributed by atoms with Crippen LogP contribution in [-0.4, -0.2) is 31.3 Å². The van der Waals surface area contributed by atoms with Crippen molar-refractivity contribution in [2.45, 2.75) is 38.4 Å². The molecule has 6 nitrogen and oxygen atoms in total. The average Bonchev–Trinajstić information content (AvgIpc) is 2.76. The van der Waals surface area contributed by atoms with E-state index in [1.807, 2.05) is 6.92 Å². The van der Waals surface area contributed by atoms with Gasteiger partial charge in [-0.15, -0.1) is 0 Å². The van der Waals surface area contributed by atoms with E-state index in [9.17, 15) is 4.79 Å². The Kier molecular flexibility index (Phi) is 3.88. The number of carbonyl (C=O) groups excluding carboxylic acids is 1. The van der Waals surface area contributed by atoms with Gasteiger partial charge in [-0.25, -0.2) is 0 Å². The Labute approximate surface area is 123 Å². The largest absolute Gasteiger partial charge is 0.489 e. The highest BCUT2D eigenvalue weighted by Crippen LogP contribution is 2.37. The number of rotatable bonds is 2. The predicted molar refractivity (Wildman–Crippen MR) is 78.7 cm³/mol. The van der Waals surface area contributed by atoms with E-state index in [4.69, 9.17) is 19.9 Å². The molecule has 3 N–H and O–H groups in total. The molecule has 1 amide bonds. The number of nitrogens with one attached hydrogen (secondary N) is 1. The van der Waals surface area contributed by atoms with Gasteiger partial charge in [0.2, 0.25) is 0 Å². The van der Waals surface area contributed by atoms with Gasteiger partial charge in [0.15, 0.2) is 11.5 Å². The second kappa shape index (κ2) is 5.81. The first-order chi connectivity index (χ1) is 10.1. The molecule has 1 aromatic rings. The molecule has 3 rings (SSSR count). The van der Waals surface area contributed by atoms with Gasteiger partial charge >= 0.3 is 0 Å². The summed E-state index contributed by atoms with van der Waals surface area (Å²) in [7, 11) is 0. The molecule has 6 heteroatoms. The Morgan fingerprint density at radius 1 is 1.24 bits per heavy atom. The lowest BCUT2D eigenvalue weighted by atomic mass is 10.2. The summed E-state index contributed by atoms with van der Waals surface area (Å²) in [5.41, 5.74) is 6.97. The molecule has 2 atom stereocenters.